The molecular formula is C14H23N3O3. The van der Waals surface area contributed by atoms with Gasteiger partial charge in [0.15, 0.2) is 0 Å². The van der Waals surface area contributed by atoms with E-state index in [1.165, 1.54) is 0 Å². The molecule has 0 aliphatic carbocycles. The van der Waals surface area contributed by atoms with Crippen molar-refractivity contribution in [2.24, 2.45) is 0 Å². The average Bonchev–Trinajstić information content (AvgIpc) is 2.71. The van der Waals surface area contributed by atoms with Crippen LogP contribution in [0.3, 0.4) is 0 Å². The van der Waals surface area contributed by atoms with Crippen LogP contribution in [0.25, 0.3) is 0 Å². The summed E-state index contributed by atoms with van der Waals surface area (Å²) in [6.45, 7) is 10.0. The Bertz CT molecular complexity index is 433. The van der Waals surface area contributed by atoms with Crippen molar-refractivity contribution in [1.82, 2.24) is 15.4 Å². The number of carbonyl (C=O) groups excluding carboxylic acids is 1. The molecule has 6 nitrogen and oxygen atoms in total. The summed E-state index contributed by atoms with van der Waals surface area (Å²) < 4.78 is 10.4. The quantitative estimate of drug-likeness (QED) is 0.859. The molecule has 1 aromatic rings. The van der Waals surface area contributed by atoms with Crippen LogP contribution >= 0.6 is 0 Å². The monoisotopic (exact) mass is 281 g/mol. The molecule has 20 heavy (non-hydrogen) atoms. The van der Waals surface area contributed by atoms with Crippen LogP contribution in [-0.2, 0) is 16.0 Å². The van der Waals surface area contributed by atoms with E-state index in [0.717, 1.165) is 49.9 Å². The van der Waals surface area contributed by atoms with Crippen LogP contribution in [-0.4, -0.2) is 54.9 Å². The van der Waals surface area contributed by atoms with E-state index in [0.29, 0.717) is 6.42 Å². The van der Waals surface area contributed by atoms with Gasteiger partial charge in [-0.25, -0.2) is 0 Å². The first-order valence-electron chi connectivity index (χ1n) is 7.07. The summed E-state index contributed by atoms with van der Waals surface area (Å²) in [5.74, 6) is 0.735. The van der Waals surface area contributed by atoms with E-state index in [2.05, 4.69) is 15.4 Å². The maximum atomic E-state index is 12.0. The highest BCUT2D eigenvalue weighted by Crippen LogP contribution is 2.12. The Morgan fingerprint density at radius 3 is 2.70 bits per heavy atom. The van der Waals surface area contributed by atoms with Gasteiger partial charge in [-0.15, -0.1) is 0 Å². The molecule has 2 rings (SSSR count). The molecule has 1 fully saturated rings. The van der Waals surface area contributed by atoms with Crippen LogP contribution in [0.2, 0.25) is 0 Å². The van der Waals surface area contributed by atoms with Gasteiger partial charge in [-0.1, -0.05) is 5.16 Å². The zero-order valence-electron chi connectivity index (χ0n) is 12.4. The summed E-state index contributed by atoms with van der Waals surface area (Å²) in [4.78, 5) is 14.4. The zero-order chi connectivity index (χ0) is 14.5. The van der Waals surface area contributed by atoms with Gasteiger partial charge in [0.05, 0.1) is 25.3 Å². The number of hydrogen-bond donors (Lipinski definition) is 1. The van der Waals surface area contributed by atoms with Gasteiger partial charge < -0.3 is 14.6 Å². The van der Waals surface area contributed by atoms with Crippen molar-refractivity contribution in [3.05, 3.63) is 17.0 Å². The molecule has 1 aromatic heterocycles. The average molecular weight is 281 g/mol. The molecular weight excluding hydrogens is 258 g/mol. The minimum Gasteiger partial charge on any atom is -0.379 e. The van der Waals surface area contributed by atoms with Crippen molar-refractivity contribution in [2.75, 3.05) is 32.8 Å². The molecule has 0 aromatic carbocycles. The van der Waals surface area contributed by atoms with Gasteiger partial charge in [-0.05, 0) is 20.8 Å². The Hall–Kier alpha value is -1.40. The number of morpholine rings is 1. The number of hydrogen-bond acceptors (Lipinski definition) is 5. The Labute approximate surface area is 119 Å². The maximum Gasteiger partial charge on any atom is 0.224 e. The molecule has 1 amide bonds. The number of aryl methyl sites for hydroxylation is 2. The van der Waals surface area contributed by atoms with Crippen molar-refractivity contribution in [2.45, 2.75) is 33.2 Å². The standard InChI is InChI=1S/C14H23N3O3/c1-10(9-17-4-6-19-7-5-17)15-14(18)8-13-11(2)16-20-12(13)3/h10H,4-9H2,1-3H3,(H,15,18)/t10-/m0/s1. The van der Waals surface area contributed by atoms with E-state index in [-0.39, 0.29) is 11.9 Å². The van der Waals surface area contributed by atoms with E-state index < -0.39 is 0 Å². The van der Waals surface area contributed by atoms with Crippen LogP contribution in [0.5, 0.6) is 0 Å². The number of nitrogens with one attached hydrogen (secondary N) is 1. The largest absolute Gasteiger partial charge is 0.379 e. The highest BCUT2D eigenvalue weighted by molar-refractivity contribution is 5.79. The number of nitrogens with zero attached hydrogens (tertiary/aromatic N) is 2. The first kappa shape index (κ1) is 15.0. The van der Waals surface area contributed by atoms with E-state index in [1.807, 2.05) is 20.8 Å². The first-order chi connectivity index (χ1) is 9.56. The highest BCUT2D eigenvalue weighted by Gasteiger charge is 2.17. The Kier molecular flexibility index (Phi) is 5.14. The van der Waals surface area contributed by atoms with Crippen LogP contribution in [0.1, 0.15) is 23.9 Å². The van der Waals surface area contributed by atoms with Crippen LogP contribution in [0.4, 0.5) is 0 Å². The third kappa shape index (κ3) is 4.05. The van der Waals surface area contributed by atoms with Crippen LogP contribution in [0, 0.1) is 13.8 Å². The van der Waals surface area contributed by atoms with Crippen molar-refractivity contribution in [3.63, 3.8) is 0 Å². The topological polar surface area (TPSA) is 67.6 Å². The van der Waals surface area contributed by atoms with E-state index in [4.69, 9.17) is 9.26 Å². The SMILES string of the molecule is Cc1noc(C)c1CC(=O)N[C@@H](C)CN1CCOCC1. The summed E-state index contributed by atoms with van der Waals surface area (Å²) >= 11 is 0. The third-order valence-electron chi connectivity index (χ3n) is 3.56. The molecule has 0 unspecified atom stereocenters. The van der Waals surface area contributed by atoms with Gasteiger partial charge in [-0.3, -0.25) is 9.69 Å². The van der Waals surface area contributed by atoms with Gasteiger partial charge in [0.25, 0.3) is 0 Å². The fraction of sp³-hybridized carbons (Fsp3) is 0.714. The first-order valence-corrected chi connectivity index (χ1v) is 7.07. The summed E-state index contributed by atoms with van der Waals surface area (Å²) in [5.41, 5.74) is 1.68. The summed E-state index contributed by atoms with van der Waals surface area (Å²) in [7, 11) is 0. The number of rotatable bonds is 5. The smallest absolute Gasteiger partial charge is 0.224 e. The van der Waals surface area contributed by atoms with Crippen molar-refractivity contribution < 1.29 is 14.1 Å². The molecule has 112 valence electrons. The van der Waals surface area contributed by atoms with Crippen LogP contribution in [0.15, 0.2) is 4.52 Å². The van der Waals surface area contributed by atoms with Gasteiger partial charge in [-0.2, -0.15) is 0 Å². The van der Waals surface area contributed by atoms with Crippen molar-refractivity contribution >= 4 is 5.91 Å². The van der Waals surface area contributed by atoms with E-state index >= 15 is 0 Å². The van der Waals surface area contributed by atoms with Gasteiger partial charge in [0.2, 0.25) is 5.91 Å². The molecule has 1 saturated heterocycles. The molecule has 1 N–H and O–H groups in total. The fourth-order valence-electron chi connectivity index (χ4n) is 2.46. The Morgan fingerprint density at radius 1 is 1.40 bits per heavy atom. The number of ether oxygens (including phenoxy) is 1. The Balaban J connectivity index is 1.78. The summed E-state index contributed by atoms with van der Waals surface area (Å²) in [6.07, 6.45) is 0.328. The molecule has 1 atom stereocenters. The minimum absolute atomic E-state index is 0.0140. The normalized spacial score (nSPS) is 17.9. The highest BCUT2D eigenvalue weighted by atomic mass is 16.5. The predicted molar refractivity (Wildman–Crippen MR) is 74.5 cm³/mol. The second kappa shape index (κ2) is 6.85. The maximum absolute atomic E-state index is 12.0. The van der Waals surface area contributed by atoms with E-state index in [9.17, 15) is 4.79 Å². The molecule has 0 bridgehead atoms. The molecule has 0 radical (unpaired) electrons. The number of amides is 1. The summed E-state index contributed by atoms with van der Waals surface area (Å²) in [6, 6.07) is 0.126. The van der Waals surface area contributed by atoms with E-state index in [1.54, 1.807) is 0 Å². The van der Waals surface area contributed by atoms with Crippen molar-refractivity contribution in [1.29, 1.82) is 0 Å². The molecule has 0 spiro atoms. The number of carbonyl (C=O) groups is 1. The lowest BCUT2D eigenvalue weighted by atomic mass is 10.1. The van der Waals surface area contributed by atoms with Crippen molar-refractivity contribution in [3.8, 4) is 0 Å². The lowest BCUT2D eigenvalue weighted by molar-refractivity contribution is -0.121. The minimum atomic E-state index is 0.0140. The fourth-order valence-corrected chi connectivity index (χ4v) is 2.46. The van der Waals surface area contributed by atoms with Gasteiger partial charge >= 0.3 is 0 Å². The second-order valence-electron chi connectivity index (χ2n) is 5.36. The second-order valence-corrected chi connectivity index (χ2v) is 5.36. The third-order valence-corrected chi connectivity index (χ3v) is 3.56. The van der Waals surface area contributed by atoms with Gasteiger partial charge in [0, 0.05) is 31.2 Å². The molecule has 2 heterocycles. The zero-order valence-corrected chi connectivity index (χ0v) is 12.4. The lowest BCUT2D eigenvalue weighted by Crippen LogP contribution is -2.46. The number of aromatic nitrogens is 1. The van der Waals surface area contributed by atoms with Gasteiger partial charge in [0.1, 0.15) is 5.76 Å². The molecule has 6 heteroatoms. The predicted octanol–water partition coefficient (Wildman–Crippen LogP) is 0.671. The Morgan fingerprint density at radius 2 is 2.10 bits per heavy atom. The molecule has 0 saturated carbocycles. The molecule has 1 aliphatic heterocycles. The van der Waals surface area contributed by atoms with Crippen LogP contribution < -0.4 is 5.32 Å². The summed E-state index contributed by atoms with van der Waals surface area (Å²) in [5, 5.41) is 6.89. The lowest BCUT2D eigenvalue weighted by Gasteiger charge is -2.29. The molecule has 1 aliphatic rings.